The Bertz CT molecular complexity index is 588. The number of hydrogen-bond acceptors (Lipinski definition) is 4. The molecule has 0 atom stereocenters. The molecule has 0 spiro atoms. The van der Waals surface area contributed by atoms with Gasteiger partial charge in [-0.25, -0.2) is 0 Å². The Morgan fingerprint density at radius 2 is 2.00 bits per heavy atom. The molecule has 1 saturated carbocycles. The minimum Gasteiger partial charge on any atom is -0.303 e. The van der Waals surface area contributed by atoms with Crippen LogP contribution in [0, 0.1) is 0 Å². The van der Waals surface area contributed by atoms with Crippen molar-refractivity contribution in [2.24, 2.45) is 5.10 Å². The van der Waals surface area contributed by atoms with E-state index in [1.165, 1.54) is 4.90 Å². The van der Waals surface area contributed by atoms with Crippen LogP contribution in [0.15, 0.2) is 23.3 Å². The summed E-state index contributed by atoms with van der Waals surface area (Å²) in [5.41, 5.74) is 1.69. The highest BCUT2D eigenvalue weighted by Crippen LogP contribution is 2.35. The molecule has 1 aromatic rings. The van der Waals surface area contributed by atoms with Crippen LogP contribution >= 0.6 is 0 Å². The van der Waals surface area contributed by atoms with Gasteiger partial charge >= 0.3 is 0 Å². The molecule has 19 heavy (non-hydrogen) atoms. The van der Waals surface area contributed by atoms with E-state index in [0.29, 0.717) is 16.7 Å². The summed E-state index contributed by atoms with van der Waals surface area (Å²) < 4.78 is 0. The predicted octanol–water partition coefficient (Wildman–Crippen LogP) is 1.34. The first-order valence-electron chi connectivity index (χ1n) is 6.32. The lowest BCUT2D eigenvalue weighted by Crippen LogP contribution is -2.31. The molecule has 0 radical (unpaired) electrons. The van der Waals surface area contributed by atoms with Crippen LogP contribution in [-0.4, -0.2) is 48.1 Å². The number of amides is 2. The Balaban J connectivity index is 2.04. The molecule has 1 aliphatic carbocycles. The summed E-state index contributed by atoms with van der Waals surface area (Å²) in [6, 6.07) is 5.42. The lowest BCUT2D eigenvalue weighted by molar-refractivity contribution is 0.0642. The summed E-state index contributed by atoms with van der Waals surface area (Å²) in [5.74, 6) is -0.342. The van der Waals surface area contributed by atoms with E-state index in [1.807, 2.05) is 20.2 Å². The first kappa shape index (κ1) is 11.9. The van der Waals surface area contributed by atoms with Crippen molar-refractivity contribution >= 4 is 18.0 Å². The second kappa shape index (κ2) is 4.19. The Morgan fingerprint density at radius 1 is 1.26 bits per heavy atom. The molecule has 0 bridgehead atoms. The first-order valence-corrected chi connectivity index (χ1v) is 6.32. The number of hydrogen-bond donors (Lipinski definition) is 0. The summed E-state index contributed by atoms with van der Waals surface area (Å²) in [5, 5.41) is 5.80. The molecule has 98 valence electrons. The molecular weight excluding hydrogens is 242 g/mol. The number of carbonyl (C=O) groups excluding carboxylic acids is 2. The van der Waals surface area contributed by atoms with Crippen molar-refractivity contribution in [3.63, 3.8) is 0 Å². The van der Waals surface area contributed by atoms with Crippen molar-refractivity contribution in [2.45, 2.75) is 18.9 Å². The highest BCUT2D eigenvalue weighted by Gasteiger charge is 2.44. The van der Waals surface area contributed by atoms with Gasteiger partial charge in [0.15, 0.2) is 0 Å². The maximum atomic E-state index is 12.4. The van der Waals surface area contributed by atoms with Crippen LogP contribution in [0.2, 0.25) is 0 Å². The Hall–Kier alpha value is -2.17. The van der Waals surface area contributed by atoms with Gasteiger partial charge in [-0.15, -0.1) is 0 Å². The van der Waals surface area contributed by atoms with E-state index < -0.39 is 0 Å². The largest absolute Gasteiger partial charge is 0.303 e. The van der Waals surface area contributed by atoms with Crippen molar-refractivity contribution in [3.05, 3.63) is 34.9 Å². The summed E-state index contributed by atoms with van der Waals surface area (Å²) >= 11 is 0. The third-order valence-corrected chi connectivity index (χ3v) is 3.32. The van der Waals surface area contributed by atoms with Gasteiger partial charge in [0.25, 0.3) is 11.8 Å². The molecule has 1 aliphatic heterocycles. The van der Waals surface area contributed by atoms with Crippen molar-refractivity contribution in [3.8, 4) is 0 Å². The van der Waals surface area contributed by atoms with Crippen LogP contribution in [0.25, 0.3) is 0 Å². The lowest BCUT2D eigenvalue weighted by atomic mass is 10.0. The minimum absolute atomic E-state index is 0.103. The molecule has 0 saturated heterocycles. The maximum absolute atomic E-state index is 12.4. The van der Waals surface area contributed by atoms with E-state index in [9.17, 15) is 9.59 Å². The fourth-order valence-corrected chi connectivity index (χ4v) is 2.28. The smallest absolute Gasteiger partial charge is 0.262 e. The molecule has 1 aromatic carbocycles. The van der Waals surface area contributed by atoms with Gasteiger partial charge in [0.2, 0.25) is 0 Å². The Morgan fingerprint density at radius 3 is 2.63 bits per heavy atom. The van der Waals surface area contributed by atoms with E-state index in [4.69, 9.17) is 0 Å². The fourth-order valence-electron chi connectivity index (χ4n) is 2.28. The van der Waals surface area contributed by atoms with E-state index in [-0.39, 0.29) is 17.9 Å². The second-order valence-electron chi connectivity index (χ2n) is 5.07. The molecule has 0 unspecified atom stereocenters. The highest BCUT2D eigenvalue weighted by atomic mass is 16.2. The predicted molar refractivity (Wildman–Crippen MR) is 71.2 cm³/mol. The molecule has 0 N–H and O–H groups in total. The number of fused-ring (bicyclic) bond motifs is 1. The van der Waals surface area contributed by atoms with Crippen LogP contribution in [0.4, 0.5) is 0 Å². The van der Waals surface area contributed by atoms with Gasteiger partial charge < -0.3 is 5.01 Å². The molecule has 1 heterocycles. The van der Waals surface area contributed by atoms with Gasteiger partial charge in [0.05, 0.1) is 17.3 Å². The Kier molecular flexibility index (Phi) is 2.62. The summed E-state index contributed by atoms with van der Waals surface area (Å²) in [7, 11) is 3.62. The zero-order valence-corrected chi connectivity index (χ0v) is 11.0. The van der Waals surface area contributed by atoms with E-state index in [1.54, 1.807) is 23.4 Å². The van der Waals surface area contributed by atoms with Crippen LogP contribution < -0.4 is 0 Å². The van der Waals surface area contributed by atoms with Crippen molar-refractivity contribution in [1.29, 1.82) is 0 Å². The topological polar surface area (TPSA) is 53.0 Å². The normalized spacial score (nSPS) is 18.3. The second-order valence-corrected chi connectivity index (χ2v) is 5.07. The molecule has 5 heteroatoms. The standard InChI is InChI=1S/C14H15N3O2/c1-16(2)15-8-9-4-3-5-11-12(9)14(19)17(13(11)18)10-6-7-10/h3-5,8,10H,6-7H2,1-2H3/b15-8+. The van der Waals surface area contributed by atoms with Crippen molar-refractivity contribution in [1.82, 2.24) is 9.91 Å². The summed E-state index contributed by atoms with van der Waals surface area (Å²) in [6.07, 6.45) is 3.47. The van der Waals surface area contributed by atoms with Crippen LogP contribution in [0.5, 0.6) is 0 Å². The van der Waals surface area contributed by atoms with Gasteiger partial charge in [0.1, 0.15) is 0 Å². The first-order chi connectivity index (χ1) is 9.09. The maximum Gasteiger partial charge on any atom is 0.262 e. The number of hydrazone groups is 1. The van der Waals surface area contributed by atoms with E-state index >= 15 is 0 Å². The average molecular weight is 257 g/mol. The molecule has 0 aromatic heterocycles. The zero-order chi connectivity index (χ0) is 13.6. The highest BCUT2D eigenvalue weighted by molar-refractivity contribution is 6.24. The molecule has 5 nitrogen and oxygen atoms in total. The fraction of sp³-hybridized carbons (Fsp3) is 0.357. The number of rotatable bonds is 3. The summed E-state index contributed by atoms with van der Waals surface area (Å²) in [6.45, 7) is 0. The SMILES string of the molecule is CN(C)/N=C/c1cccc2c1C(=O)N(C1CC1)C2=O. The van der Waals surface area contributed by atoms with E-state index in [2.05, 4.69) is 5.10 Å². The molecule has 2 amide bonds. The van der Waals surface area contributed by atoms with Crippen LogP contribution in [0.1, 0.15) is 39.1 Å². The third-order valence-electron chi connectivity index (χ3n) is 3.32. The summed E-state index contributed by atoms with van der Waals surface area (Å²) in [4.78, 5) is 26.0. The average Bonchev–Trinajstić information content (AvgIpc) is 3.16. The monoisotopic (exact) mass is 257 g/mol. The third kappa shape index (κ3) is 1.91. The molecular formula is C14H15N3O2. The molecule has 3 rings (SSSR count). The number of nitrogens with zero attached hydrogens (tertiary/aromatic N) is 3. The molecule has 2 aliphatic rings. The van der Waals surface area contributed by atoms with E-state index in [0.717, 1.165) is 12.8 Å². The minimum atomic E-state index is -0.177. The van der Waals surface area contributed by atoms with Gasteiger partial charge in [0, 0.05) is 25.7 Å². The number of imide groups is 1. The lowest BCUT2D eigenvalue weighted by Gasteiger charge is -2.11. The quantitative estimate of drug-likeness (QED) is 0.466. The number of carbonyl (C=O) groups is 2. The van der Waals surface area contributed by atoms with Gasteiger partial charge in [-0.2, -0.15) is 5.10 Å². The van der Waals surface area contributed by atoms with Crippen LogP contribution in [-0.2, 0) is 0 Å². The van der Waals surface area contributed by atoms with Gasteiger partial charge in [-0.1, -0.05) is 12.1 Å². The van der Waals surface area contributed by atoms with Crippen molar-refractivity contribution < 1.29 is 9.59 Å². The van der Waals surface area contributed by atoms with Gasteiger partial charge in [-0.3, -0.25) is 14.5 Å². The zero-order valence-electron chi connectivity index (χ0n) is 11.0. The Labute approximate surface area is 111 Å². The number of benzene rings is 1. The molecule has 1 fully saturated rings. The van der Waals surface area contributed by atoms with Gasteiger partial charge in [-0.05, 0) is 18.9 Å². The van der Waals surface area contributed by atoms with Crippen molar-refractivity contribution in [2.75, 3.05) is 14.1 Å². The van der Waals surface area contributed by atoms with Crippen LogP contribution in [0.3, 0.4) is 0 Å².